The number of aryl methyl sites for hydroxylation is 2. The first-order valence-electron chi connectivity index (χ1n) is 7.16. The van der Waals surface area contributed by atoms with Crippen LogP contribution in [0.25, 0.3) is 10.9 Å². The number of hydrogen-bond acceptors (Lipinski definition) is 3. The molecule has 2 N–H and O–H groups in total. The lowest BCUT2D eigenvalue weighted by molar-refractivity contribution is 0.259. The third-order valence-electron chi connectivity index (χ3n) is 3.65. The zero-order valence-corrected chi connectivity index (χ0v) is 12.8. The molecule has 3 aromatic rings. The number of hydrogen-bond donors (Lipinski definition) is 2. The van der Waals surface area contributed by atoms with E-state index in [-0.39, 0.29) is 5.56 Å². The molecule has 0 aliphatic rings. The maximum absolute atomic E-state index is 12.3. The minimum atomic E-state index is -0.507. The summed E-state index contributed by atoms with van der Waals surface area (Å²) in [5.74, 6) is 0. The van der Waals surface area contributed by atoms with Crippen molar-refractivity contribution in [3.8, 4) is 0 Å². The van der Waals surface area contributed by atoms with Gasteiger partial charge in [0.15, 0.2) is 0 Å². The minimum absolute atomic E-state index is 0.328. The molecule has 0 bridgehead atoms. The van der Waals surface area contributed by atoms with Gasteiger partial charge >= 0.3 is 6.03 Å². The molecule has 0 aliphatic carbocycles. The van der Waals surface area contributed by atoms with Crippen molar-refractivity contribution in [3.63, 3.8) is 0 Å². The number of amides is 2. The number of benzene rings is 2. The Morgan fingerprint density at radius 3 is 2.65 bits per heavy atom. The summed E-state index contributed by atoms with van der Waals surface area (Å²) in [5, 5.41) is 3.14. The summed E-state index contributed by atoms with van der Waals surface area (Å²) in [4.78, 5) is 28.5. The second-order valence-electron chi connectivity index (χ2n) is 5.30. The summed E-state index contributed by atoms with van der Waals surface area (Å²) in [6.07, 6.45) is 1.30. The van der Waals surface area contributed by atoms with Crippen molar-refractivity contribution in [1.82, 2.24) is 9.66 Å². The molecule has 1 aromatic heterocycles. The van der Waals surface area contributed by atoms with Gasteiger partial charge in [0.2, 0.25) is 0 Å². The Morgan fingerprint density at radius 2 is 1.87 bits per heavy atom. The molecule has 2 amide bonds. The van der Waals surface area contributed by atoms with E-state index in [4.69, 9.17) is 0 Å². The number of nitrogens with zero attached hydrogens (tertiary/aromatic N) is 2. The van der Waals surface area contributed by atoms with Gasteiger partial charge in [0, 0.05) is 5.69 Å². The van der Waals surface area contributed by atoms with Crippen molar-refractivity contribution < 1.29 is 4.79 Å². The third kappa shape index (κ3) is 3.06. The highest BCUT2D eigenvalue weighted by Gasteiger charge is 2.07. The SMILES string of the molecule is Cc1ccc(NC(=O)Nn2cnc3ccccc3c2=O)cc1C. The van der Waals surface area contributed by atoms with Gasteiger partial charge in [0.1, 0.15) is 6.33 Å². The Bertz CT molecular complexity index is 947. The normalized spacial score (nSPS) is 10.5. The second-order valence-corrected chi connectivity index (χ2v) is 5.30. The van der Waals surface area contributed by atoms with Crippen molar-refractivity contribution >= 4 is 22.6 Å². The lowest BCUT2D eigenvalue weighted by atomic mass is 10.1. The fraction of sp³-hybridized carbons (Fsp3) is 0.118. The van der Waals surface area contributed by atoms with Gasteiger partial charge in [-0.25, -0.2) is 19.9 Å². The second kappa shape index (κ2) is 5.92. The lowest BCUT2D eigenvalue weighted by Crippen LogP contribution is -2.35. The van der Waals surface area contributed by atoms with E-state index >= 15 is 0 Å². The zero-order chi connectivity index (χ0) is 16.4. The van der Waals surface area contributed by atoms with Gasteiger partial charge in [-0.2, -0.15) is 0 Å². The quantitative estimate of drug-likeness (QED) is 0.764. The summed E-state index contributed by atoms with van der Waals surface area (Å²) >= 11 is 0. The molecule has 116 valence electrons. The molecular weight excluding hydrogens is 292 g/mol. The first kappa shape index (κ1) is 14.8. The van der Waals surface area contributed by atoms with Crippen LogP contribution >= 0.6 is 0 Å². The molecule has 3 rings (SSSR count). The van der Waals surface area contributed by atoms with E-state index in [2.05, 4.69) is 15.7 Å². The van der Waals surface area contributed by atoms with Gasteiger partial charge in [0.25, 0.3) is 5.56 Å². The van der Waals surface area contributed by atoms with Gasteiger partial charge in [-0.3, -0.25) is 4.79 Å². The predicted octanol–water partition coefficient (Wildman–Crippen LogP) is 2.79. The smallest absolute Gasteiger partial charge is 0.307 e. The minimum Gasteiger partial charge on any atom is -0.307 e. The molecule has 0 saturated carbocycles. The van der Waals surface area contributed by atoms with E-state index in [9.17, 15) is 9.59 Å². The first-order valence-corrected chi connectivity index (χ1v) is 7.16. The van der Waals surface area contributed by atoms with Crippen molar-refractivity contribution in [3.05, 3.63) is 70.3 Å². The fourth-order valence-corrected chi connectivity index (χ4v) is 2.24. The molecule has 6 heteroatoms. The largest absolute Gasteiger partial charge is 0.338 e. The van der Waals surface area contributed by atoms with Crippen molar-refractivity contribution in [2.24, 2.45) is 0 Å². The maximum Gasteiger partial charge on any atom is 0.338 e. The molecule has 0 saturated heterocycles. The molecule has 0 fully saturated rings. The predicted molar refractivity (Wildman–Crippen MR) is 90.3 cm³/mol. The standard InChI is InChI=1S/C17H16N4O2/c1-11-7-8-13(9-12(11)2)19-17(23)20-21-10-18-15-6-4-3-5-14(15)16(21)22/h3-10H,1-2H3,(H2,19,20,23). The van der Waals surface area contributed by atoms with E-state index in [0.717, 1.165) is 15.8 Å². The molecule has 0 spiro atoms. The lowest BCUT2D eigenvalue weighted by Gasteiger charge is -2.11. The van der Waals surface area contributed by atoms with Crippen LogP contribution in [0.3, 0.4) is 0 Å². The van der Waals surface area contributed by atoms with Crippen LogP contribution in [0.15, 0.2) is 53.6 Å². The number of carbonyl (C=O) groups excluding carboxylic acids is 1. The van der Waals surface area contributed by atoms with Crippen LogP contribution in [0.2, 0.25) is 0 Å². The highest BCUT2D eigenvalue weighted by Crippen LogP contribution is 2.14. The van der Waals surface area contributed by atoms with Gasteiger partial charge in [-0.15, -0.1) is 0 Å². The molecule has 6 nitrogen and oxygen atoms in total. The molecule has 0 aliphatic heterocycles. The number of fused-ring (bicyclic) bond motifs is 1. The van der Waals surface area contributed by atoms with Crippen LogP contribution in [0, 0.1) is 13.8 Å². The Balaban J connectivity index is 1.81. The Kier molecular flexibility index (Phi) is 3.80. The Labute approximate surface area is 132 Å². The Hall–Kier alpha value is -3.15. The fourth-order valence-electron chi connectivity index (χ4n) is 2.24. The molecule has 1 heterocycles. The van der Waals surface area contributed by atoms with Gasteiger partial charge in [-0.05, 0) is 49.2 Å². The summed E-state index contributed by atoms with van der Waals surface area (Å²) in [7, 11) is 0. The van der Waals surface area contributed by atoms with Crippen LogP contribution in [0.5, 0.6) is 0 Å². The highest BCUT2D eigenvalue weighted by atomic mass is 16.2. The topological polar surface area (TPSA) is 76.0 Å². The number of urea groups is 1. The van der Waals surface area contributed by atoms with Gasteiger partial charge in [-0.1, -0.05) is 18.2 Å². The number of aromatic nitrogens is 2. The van der Waals surface area contributed by atoms with E-state index in [1.807, 2.05) is 32.0 Å². The van der Waals surface area contributed by atoms with E-state index in [1.54, 1.807) is 24.3 Å². The first-order chi connectivity index (χ1) is 11.0. The number of carbonyl (C=O) groups is 1. The summed E-state index contributed by atoms with van der Waals surface area (Å²) in [6, 6.07) is 12.1. The number of nitrogens with one attached hydrogen (secondary N) is 2. The van der Waals surface area contributed by atoms with Crippen molar-refractivity contribution in [1.29, 1.82) is 0 Å². The van der Waals surface area contributed by atoms with E-state index in [1.165, 1.54) is 6.33 Å². The number of para-hydroxylation sites is 1. The maximum atomic E-state index is 12.3. The summed E-state index contributed by atoms with van der Waals surface area (Å²) < 4.78 is 1.07. The zero-order valence-electron chi connectivity index (χ0n) is 12.8. The van der Waals surface area contributed by atoms with Gasteiger partial charge < -0.3 is 5.32 Å². The molecule has 2 aromatic carbocycles. The molecule has 0 radical (unpaired) electrons. The average Bonchev–Trinajstić information content (AvgIpc) is 2.54. The van der Waals surface area contributed by atoms with Gasteiger partial charge in [0.05, 0.1) is 10.9 Å². The third-order valence-corrected chi connectivity index (χ3v) is 3.65. The van der Waals surface area contributed by atoms with Crippen LogP contribution in [0.1, 0.15) is 11.1 Å². The molecular formula is C17H16N4O2. The van der Waals surface area contributed by atoms with Crippen LogP contribution < -0.4 is 16.3 Å². The highest BCUT2D eigenvalue weighted by molar-refractivity contribution is 5.95. The number of anilines is 1. The summed E-state index contributed by atoms with van der Waals surface area (Å²) in [5.41, 5.74) is 5.62. The van der Waals surface area contributed by atoms with E-state index < -0.39 is 6.03 Å². The molecule has 23 heavy (non-hydrogen) atoms. The van der Waals surface area contributed by atoms with Crippen LogP contribution in [-0.2, 0) is 0 Å². The average molecular weight is 308 g/mol. The number of rotatable bonds is 2. The van der Waals surface area contributed by atoms with E-state index in [0.29, 0.717) is 16.6 Å². The van der Waals surface area contributed by atoms with Crippen LogP contribution in [-0.4, -0.2) is 15.7 Å². The molecule has 0 unspecified atom stereocenters. The summed E-state index contributed by atoms with van der Waals surface area (Å²) in [6.45, 7) is 3.97. The molecule has 0 atom stereocenters. The van der Waals surface area contributed by atoms with Crippen molar-refractivity contribution in [2.45, 2.75) is 13.8 Å². The van der Waals surface area contributed by atoms with Crippen molar-refractivity contribution in [2.75, 3.05) is 10.7 Å². The van der Waals surface area contributed by atoms with Crippen LogP contribution in [0.4, 0.5) is 10.5 Å². The Morgan fingerprint density at radius 1 is 1.09 bits per heavy atom. The monoisotopic (exact) mass is 308 g/mol.